The molecule has 2 aromatic rings. The Labute approximate surface area is 117 Å². The summed E-state index contributed by atoms with van der Waals surface area (Å²) in [6.45, 7) is 1.26. The third-order valence-corrected chi connectivity index (χ3v) is 3.69. The zero-order valence-corrected chi connectivity index (χ0v) is 11.0. The Bertz CT molecular complexity index is 667. The van der Waals surface area contributed by atoms with Crippen LogP contribution in [0.4, 0.5) is 5.69 Å². The van der Waals surface area contributed by atoms with Crippen molar-refractivity contribution < 1.29 is 9.90 Å². The van der Waals surface area contributed by atoms with Crippen molar-refractivity contribution in [3.8, 4) is 5.75 Å². The maximum Gasteiger partial charge on any atom is 0.256 e. The van der Waals surface area contributed by atoms with E-state index in [1.54, 1.807) is 11.0 Å². The summed E-state index contributed by atoms with van der Waals surface area (Å²) in [5.74, 6) is -0.0761. The van der Waals surface area contributed by atoms with Gasteiger partial charge in [-0.3, -0.25) is 4.79 Å². The lowest BCUT2D eigenvalue weighted by Crippen LogP contribution is -2.36. The van der Waals surface area contributed by atoms with Gasteiger partial charge in [-0.15, -0.1) is 0 Å². The van der Waals surface area contributed by atoms with E-state index < -0.39 is 0 Å². The summed E-state index contributed by atoms with van der Waals surface area (Å²) in [4.78, 5) is 14.3. The second-order valence-corrected chi connectivity index (χ2v) is 5.02. The SMILES string of the molecule is Nc1ccc(O)cc1C(=O)N1CCc2ccccc2C1. The van der Waals surface area contributed by atoms with E-state index in [-0.39, 0.29) is 11.7 Å². The fourth-order valence-electron chi connectivity index (χ4n) is 2.57. The second kappa shape index (κ2) is 4.89. The highest BCUT2D eigenvalue weighted by Crippen LogP contribution is 2.24. The van der Waals surface area contributed by atoms with Crippen LogP contribution < -0.4 is 5.73 Å². The van der Waals surface area contributed by atoms with Gasteiger partial charge in [0, 0.05) is 18.8 Å². The normalized spacial score (nSPS) is 13.9. The van der Waals surface area contributed by atoms with Gasteiger partial charge in [0.15, 0.2) is 0 Å². The Kier molecular flexibility index (Phi) is 3.06. The van der Waals surface area contributed by atoms with Crippen LogP contribution in [-0.4, -0.2) is 22.5 Å². The molecule has 0 saturated heterocycles. The number of amides is 1. The first-order valence-corrected chi connectivity index (χ1v) is 6.59. The van der Waals surface area contributed by atoms with Crippen LogP contribution in [0.15, 0.2) is 42.5 Å². The summed E-state index contributed by atoms with van der Waals surface area (Å²) in [6, 6.07) is 12.6. The molecule has 0 saturated carbocycles. The number of benzene rings is 2. The van der Waals surface area contributed by atoms with Gasteiger partial charge in [0.25, 0.3) is 5.91 Å². The number of anilines is 1. The quantitative estimate of drug-likeness (QED) is 0.615. The van der Waals surface area contributed by atoms with Gasteiger partial charge in [-0.25, -0.2) is 0 Å². The van der Waals surface area contributed by atoms with Gasteiger partial charge < -0.3 is 15.7 Å². The molecule has 0 spiro atoms. The monoisotopic (exact) mass is 268 g/mol. The van der Waals surface area contributed by atoms with Crippen molar-refractivity contribution in [2.45, 2.75) is 13.0 Å². The van der Waals surface area contributed by atoms with Crippen molar-refractivity contribution in [3.63, 3.8) is 0 Å². The lowest BCUT2D eigenvalue weighted by Gasteiger charge is -2.29. The highest BCUT2D eigenvalue weighted by atomic mass is 16.3. The van der Waals surface area contributed by atoms with Crippen molar-refractivity contribution in [1.29, 1.82) is 0 Å². The largest absolute Gasteiger partial charge is 0.508 e. The zero-order valence-electron chi connectivity index (χ0n) is 11.0. The zero-order chi connectivity index (χ0) is 14.1. The molecule has 0 radical (unpaired) electrons. The van der Waals surface area contributed by atoms with Crippen LogP contribution in [0, 0.1) is 0 Å². The number of nitrogen functional groups attached to an aromatic ring is 1. The standard InChI is InChI=1S/C16H16N2O2/c17-15-6-5-13(19)9-14(15)16(20)18-8-7-11-3-1-2-4-12(11)10-18/h1-6,9,19H,7-8,10,17H2. The Morgan fingerprint density at radius 2 is 1.90 bits per heavy atom. The van der Waals surface area contributed by atoms with Crippen LogP contribution in [0.25, 0.3) is 0 Å². The second-order valence-electron chi connectivity index (χ2n) is 5.02. The van der Waals surface area contributed by atoms with Gasteiger partial charge in [0.05, 0.1) is 5.56 Å². The van der Waals surface area contributed by atoms with Crippen molar-refractivity contribution in [3.05, 3.63) is 59.2 Å². The molecule has 102 valence electrons. The number of fused-ring (bicyclic) bond motifs is 1. The molecule has 3 rings (SSSR count). The summed E-state index contributed by atoms with van der Waals surface area (Å²) < 4.78 is 0. The minimum absolute atomic E-state index is 0.0555. The first-order valence-electron chi connectivity index (χ1n) is 6.59. The first kappa shape index (κ1) is 12.5. The van der Waals surface area contributed by atoms with Gasteiger partial charge in [-0.2, -0.15) is 0 Å². The van der Waals surface area contributed by atoms with Crippen LogP contribution in [-0.2, 0) is 13.0 Å². The average molecular weight is 268 g/mol. The van der Waals surface area contributed by atoms with E-state index in [4.69, 9.17) is 5.73 Å². The lowest BCUT2D eigenvalue weighted by atomic mass is 9.99. The molecule has 2 aromatic carbocycles. The number of phenolic OH excluding ortho intramolecular Hbond substituents is 1. The predicted molar refractivity (Wildman–Crippen MR) is 77.4 cm³/mol. The minimum atomic E-state index is -0.132. The summed E-state index contributed by atoms with van der Waals surface area (Å²) >= 11 is 0. The number of phenols is 1. The first-order chi connectivity index (χ1) is 9.65. The Morgan fingerprint density at radius 3 is 2.70 bits per heavy atom. The van der Waals surface area contributed by atoms with Crippen LogP contribution >= 0.6 is 0 Å². The van der Waals surface area contributed by atoms with Crippen molar-refractivity contribution in [2.75, 3.05) is 12.3 Å². The van der Waals surface area contributed by atoms with E-state index in [1.165, 1.54) is 23.3 Å². The number of rotatable bonds is 1. The molecular weight excluding hydrogens is 252 g/mol. The number of nitrogens with zero attached hydrogens (tertiary/aromatic N) is 1. The molecule has 0 fully saturated rings. The molecule has 0 unspecified atom stereocenters. The molecular formula is C16H16N2O2. The molecule has 1 aliphatic heterocycles. The molecule has 0 atom stereocenters. The molecule has 3 N–H and O–H groups in total. The average Bonchev–Trinajstić information content (AvgIpc) is 2.48. The number of nitrogens with two attached hydrogens (primary N) is 1. The maximum atomic E-state index is 12.5. The molecule has 1 aliphatic rings. The third-order valence-electron chi connectivity index (χ3n) is 3.69. The van der Waals surface area contributed by atoms with Crippen LogP contribution in [0.1, 0.15) is 21.5 Å². The van der Waals surface area contributed by atoms with Gasteiger partial charge in [0.2, 0.25) is 0 Å². The summed E-state index contributed by atoms with van der Waals surface area (Å²) in [5.41, 5.74) is 9.06. The minimum Gasteiger partial charge on any atom is -0.508 e. The van der Waals surface area contributed by atoms with Crippen LogP contribution in [0.3, 0.4) is 0 Å². The van der Waals surface area contributed by atoms with E-state index >= 15 is 0 Å². The molecule has 4 nitrogen and oxygen atoms in total. The van der Waals surface area contributed by atoms with Gasteiger partial charge in [-0.05, 0) is 35.7 Å². The molecule has 1 heterocycles. The summed E-state index contributed by atoms with van der Waals surface area (Å²) in [7, 11) is 0. The lowest BCUT2D eigenvalue weighted by molar-refractivity contribution is 0.0735. The van der Waals surface area contributed by atoms with Crippen LogP contribution in [0.2, 0.25) is 0 Å². The number of hydrogen-bond donors (Lipinski definition) is 2. The summed E-state index contributed by atoms with van der Waals surface area (Å²) in [5, 5.41) is 9.52. The van der Waals surface area contributed by atoms with Gasteiger partial charge >= 0.3 is 0 Å². The van der Waals surface area contributed by atoms with Crippen LogP contribution in [0.5, 0.6) is 5.75 Å². The van der Waals surface area contributed by atoms with E-state index in [2.05, 4.69) is 6.07 Å². The number of carbonyl (C=O) groups excluding carboxylic acids is 1. The van der Waals surface area contributed by atoms with Crippen molar-refractivity contribution in [1.82, 2.24) is 4.90 Å². The molecule has 4 heteroatoms. The topological polar surface area (TPSA) is 66.6 Å². The van der Waals surface area contributed by atoms with Crippen molar-refractivity contribution in [2.24, 2.45) is 0 Å². The third kappa shape index (κ3) is 2.20. The predicted octanol–water partition coefficient (Wildman–Crippen LogP) is 2.17. The Morgan fingerprint density at radius 1 is 1.15 bits per heavy atom. The Hall–Kier alpha value is -2.49. The highest BCUT2D eigenvalue weighted by Gasteiger charge is 2.23. The van der Waals surface area contributed by atoms with Crippen molar-refractivity contribution >= 4 is 11.6 Å². The fourth-order valence-corrected chi connectivity index (χ4v) is 2.57. The molecule has 0 aromatic heterocycles. The molecule has 1 amide bonds. The summed E-state index contributed by atoms with van der Waals surface area (Å²) in [6.07, 6.45) is 0.848. The number of aromatic hydroxyl groups is 1. The van der Waals surface area contributed by atoms with E-state index in [1.807, 2.05) is 18.2 Å². The highest BCUT2D eigenvalue weighted by molar-refractivity contribution is 5.99. The Balaban J connectivity index is 1.88. The molecule has 0 bridgehead atoms. The number of carbonyl (C=O) groups is 1. The maximum absolute atomic E-state index is 12.5. The molecule has 20 heavy (non-hydrogen) atoms. The molecule has 0 aliphatic carbocycles. The van der Waals surface area contributed by atoms with E-state index in [9.17, 15) is 9.90 Å². The number of hydrogen-bond acceptors (Lipinski definition) is 3. The van der Waals surface area contributed by atoms with E-state index in [0.29, 0.717) is 24.3 Å². The van der Waals surface area contributed by atoms with Gasteiger partial charge in [-0.1, -0.05) is 24.3 Å². The fraction of sp³-hybridized carbons (Fsp3) is 0.188. The smallest absolute Gasteiger partial charge is 0.256 e. The van der Waals surface area contributed by atoms with Gasteiger partial charge in [0.1, 0.15) is 5.75 Å². The van der Waals surface area contributed by atoms with E-state index in [0.717, 1.165) is 6.42 Å².